The van der Waals surface area contributed by atoms with Crippen molar-refractivity contribution >= 4 is 57.2 Å². The van der Waals surface area contributed by atoms with Crippen LogP contribution in [0.15, 0.2) is 76.6 Å². The molecule has 6 nitrogen and oxygen atoms in total. The van der Waals surface area contributed by atoms with Crippen LogP contribution in [0.1, 0.15) is 30.5 Å². The fraction of sp³-hybridized carbons (Fsp3) is 0.267. The van der Waals surface area contributed by atoms with Gasteiger partial charge in [0.2, 0.25) is 0 Å². The molecule has 38 heavy (non-hydrogen) atoms. The van der Waals surface area contributed by atoms with Crippen LogP contribution in [-0.4, -0.2) is 42.3 Å². The maximum Gasteiger partial charge on any atom is 0.266 e. The standard InChI is InChI=1S/C30H31IN2O4S/c1-4-35-16-15-33-29(34)27(38-30(33)32-24-9-7-6-8-10-24)19-23-17-25(31)28(26(18-23)36-5-2)37-20-22-13-11-21(3)12-14-22/h6-14,17-19H,4-5,15-16,20H2,1-3H3/b27-19-,32-30?. The molecular weight excluding hydrogens is 611 g/mol. The van der Waals surface area contributed by atoms with Gasteiger partial charge in [0.05, 0.1) is 33.9 Å². The molecule has 1 aliphatic heterocycles. The summed E-state index contributed by atoms with van der Waals surface area (Å²) in [5, 5.41) is 0.643. The lowest BCUT2D eigenvalue weighted by molar-refractivity contribution is -0.122. The SMILES string of the molecule is CCOCCN1C(=O)/C(=C/c2cc(I)c(OCc3ccc(C)cc3)c(OCC)c2)SC1=Nc1ccccc1. The molecule has 0 unspecified atom stereocenters. The van der Waals surface area contributed by atoms with Crippen LogP contribution in [0.4, 0.5) is 5.69 Å². The van der Waals surface area contributed by atoms with E-state index in [1.807, 2.05) is 62.4 Å². The highest BCUT2D eigenvalue weighted by Gasteiger charge is 2.33. The minimum Gasteiger partial charge on any atom is -0.490 e. The summed E-state index contributed by atoms with van der Waals surface area (Å²) >= 11 is 3.63. The third-order valence-electron chi connectivity index (χ3n) is 5.67. The minimum atomic E-state index is -0.0861. The van der Waals surface area contributed by atoms with Crippen LogP contribution in [0.2, 0.25) is 0 Å². The number of para-hydroxylation sites is 1. The number of aliphatic imine (C=N–C) groups is 1. The van der Waals surface area contributed by atoms with Crippen molar-refractivity contribution in [3.05, 3.63) is 91.9 Å². The lowest BCUT2D eigenvalue weighted by atomic mass is 10.1. The second-order valence-electron chi connectivity index (χ2n) is 8.53. The summed E-state index contributed by atoms with van der Waals surface area (Å²) in [5.74, 6) is 1.27. The summed E-state index contributed by atoms with van der Waals surface area (Å²) in [6.07, 6.45) is 1.89. The average Bonchev–Trinajstić information content (AvgIpc) is 3.19. The first-order chi connectivity index (χ1) is 18.5. The van der Waals surface area contributed by atoms with Gasteiger partial charge in [-0.25, -0.2) is 4.99 Å². The molecule has 0 spiro atoms. The van der Waals surface area contributed by atoms with E-state index in [0.29, 0.717) is 54.5 Å². The summed E-state index contributed by atoms with van der Waals surface area (Å²) in [7, 11) is 0. The number of halogens is 1. The zero-order valence-electron chi connectivity index (χ0n) is 21.8. The molecule has 3 aromatic carbocycles. The fourth-order valence-corrected chi connectivity index (χ4v) is 5.57. The monoisotopic (exact) mass is 642 g/mol. The normalized spacial score (nSPS) is 15.5. The molecule has 1 saturated heterocycles. The van der Waals surface area contributed by atoms with Gasteiger partial charge in [-0.05, 0) is 96.6 Å². The third kappa shape index (κ3) is 7.39. The highest BCUT2D eigenvalue weighted by atomic mass is 127. The number of carbonyl (C=O) groups is 1. The summed E-state index contributed by atoms with van der Waals surface area (Å²) in [5.41, 5.74) is 3.96. The van der Waals surface area contributed by atoms with Crippen LogP contribution in [0.5, 0.6) is 11.5 Å². The van der Waals surface area contributed by atoms with Crippen LogP contribution in [0, 0.1) is 10.5 Å². The molecule has 1 amide bonds. The Balaban J connectivity index is 1.60. The Labute approximate surface area is 242 Å². The molecule has 3 aromatic rings. The molecule has 198 valence electrons. The van der Waals surface area contributed by atoms with Gasteiger partial charge >= 0.3 is 0 Å². The van der Waals surface area contributed by atoms with E-state index in [2.05, 4.69) is 53.8 Å². The van der Waals surface area contributed by atoms with E-state index in [4.69, 9.17) is 19.2 Å². The van der Waals surface area contributed by atoms with E-state index in [1.165, 1.54) is 17.3 Å². The first kappa shape index (κ1) is 28.2. The topological polar surface area (TPSA) is 60.4 Å². The Hall–Kier alpha value is -2.82. The number of amidine groups is 1. The van der Waals surface area contributed by atoms with E-state index in [-0.39, 0.29) is 5.91 Å². The number of aryl methyl sites for hydroxylation is 1. The van der Waals surface area contributed by atoms with E-state index in [9.17, 15) is 4.79 Å². The van der Waals surface area contributed by atoms with Gasteiger partial charge in [0, 0.05) is 6.61 Å². The minimum absolute atomic E-state index is 0.0861. The van der Waals surface area contributed by atoms with Crippen LogP contribution < -0.4 is 9.47 Å². The Morgan fingerprint density at radius 3 is 2.47 bits per heavy atom. The predicted octanol–water partition coefficient (Wildman–Crippen LogP) is 7.22. The Bertz CT molecular complexity index is 1310. The highest BCUT2D eigenvalue weighted by molar-refractivity contribution is 14.1. The van der Waals surface area contributed by atoms with Gasteiger partial charge in [-0.3, -0.25) is 9.69 Å². The van der Waals surface area contributed by atoms with Crippen molar-refractivity contribution in [2.24, 2.45) is 4.99 Å². The van der Waals surface area contributed by atoms with E-state index in [1.54, 1.807) is 4.90 Å². The first-order valence-corrected chi connectivity index (χ1v) is 14.5. The number of amides is 1. The van der Waals surface area contributed by atoms with Gasteiger partial charge in [-0.2, -0.15) is 0 Å². The molecule has 1 aliphatic rings. The largest absolute Gasteiger partial charge is 0.490 e. The maximum atomic E-state index is 13.4. The van der Waals surface area contributed by atoms with Crippen molar-refractivity contribution in [1.29, 1.82) is 0 Å². The highest BCUT2D eigenvalue weighted by Crippen LogP contribution is 2.38. The molecule has 0 atom stereocenters. The zero-order valence-corrected chi connectivity index (χ0v) is 24.8. The lowest BCUT2D eigenvalue weighted by Gasteiger charge is -2.15. The molecule has 0 radical (unpaired) electrons. The Morgan fingerprint density at radius 2 is 1.76 bits per heavy atom. The average molecular weight is 643 g/mol. The van der Waals surface area contributed by atoms with Gasteiger partial charge in [0.15, 0.2) is 16.7 Å². The lowest BCUT2D eigenvalue weighted by Crippen LogP contribution is -2.32. The fourth-order valence-electron chi connectivity index (χ4n) is 3.77. The number of nitrogens with zero attached hydrogens (tertiary/aromatic N) is 2. The van der Waals surface area contributed by atoms with E-state index < -0.39 is 0 Å². The van der Waals surface area contributed by atoms with Gasteiger partial charge in [0.25, 0.3) is 5.91 Å². The van der Waals surface area contributed by atoms with Crippen molar-refractivity contribution in [3.63, 3.8) is 0 Å². The molecule has 1 fully saturated rings. The second kappa shape index (κ2) is 13.8. The number of carbonyl (C=O) groups excluding carboxylic acids is 1. The van der Waals surface area contributed by atoms with Gasteiger partial charge in [0.1, 0.15) is 6.61 Å². The summed E-state index contributed by atoms with van der Waals surface area (Å²) < 4.78 is 18.6. The van der Waals surface area contributed by atoms with E-state index in [0.717, 1.165) is 20.4 Å². The van der Waals surface area contributed by atoms with Crippen molar-refractivity contribution in [2.45, 2.75) is 27.4 Å². The van der Waals surface area contributed by atoms with Gasteiger partial charge in [-0.15, -0.1) is 0 Å². The van der Waals surface area contributed by atoms with Crippen LogP contribution in [0.25, 0.3) is 6.08 Å². The summed E-state index contributed by atoms with van der Waals surface area (Å²) in [6, 6.07) is 21.9. The summed E-state index contributed by atoms with van der Waals surface area (Å²) in [6.45, 7) is 8.38. The number of hydrogen-bond acceptors (Lipinski definition) is 6. The van der Waals surface area contributed by atoms with Crippen molar-refractivity contribution in [1.82, 2.24) is 4.90 Å². The Morgan fingerprint density at radius 1 is 1.00 bits per heavy atom. The number of benzene rings is 3. The summed E-state index contributed by atoms with van der Waals surface area (Å²) in [4.78, 5) is 20.4. The zero-order chi connectivity index (χ0) is 26.9. The van der Waals surface area contributed by atoms with E-state index >= 15 is 0 Å². The maximum absolute atomic E-state index is 13.4. The number of rotatable bonds is 11. The number of ether oxygens (including phenoxy) is 3. The molecule has 0 aromatic heterocycles. The number of hydrogen-bond donors (Lipinski definition) is 0. The molecule has 0 saturated carbocycles. The molecular formula is C30H31IN2O4S. The molecule has 0 aliphatic carbocycles. The van der Waals surface area contributed by atoms with Gasteiger partial charge in [-0.1, -0.05) is 48.0 Å². The molecule has 1 heterocycles. The molecule has 4 rings (SSSR count). The van der Waals surface area contributed by atoms with Gasteiger partial charge < -0.3 is 14.2 Å². The first-order valence-electron chi connectivity index (χ1n) is 12.6. The second-order valence-corrected chi connectivity index (χ2v) is 10.7. The predicted molar refractivity (Wildman–Crippen MR) is 163 cm³/mol. The third-order valence-corrected chi connectivity index (χ3v) is 7.47. The van der Waals surface area contributed by atoms with Crippen LogP contribution >= 0.6 is 34.4 Å². The quantitative estimate of drug-likeness (QED) is 0.126. The van der Waals surface area contributed by atoms with Crippen LogP contribution in [-0.2, 0) is 16.1 Å². The Kier molecular flexibility index (Phi) is 10.3. The number of thioether (sulfide) groups is 1. The van der Waals surface area contributed by atoms with Crippen LogP contribution in [0.3, 0.4) is 0 Å². The van der Waals surface area contributed by atoms with Crippen molar-refractivity contribution in [3.8, 4) is 11.5 Å². The molecule has 0 bridgehead atoms. The molecule has 0 N–H and O–H groups in total. The smallest absolute Gasteiger partial charge is 0.266 e. The van der Waals surface area contributed by atoms with Crippen molar-refractivity contribution < 1.29 is 19.0 Å². The molecule has 8 heteroatoms. The van der Waals surface area contributed by atoms with Crippen molar-refractivity contribution in [2.75, 3.05) is 26.4 Å².